The van der Waals surface area contributed by atoms with Crippen molar-refractivity contribution < 1.29 is 13.5 Å². The predicted molar refractivity (Wildman–Crippen MR) is 127 cm³/mol. The van der Waals surface area contributed by atoms with E-state index in [1.807, 2.05) is 12.1 Å². The lowest BCUT2D eigenvalue weighted by atomic mass is 10.0. The highest BCUT2D eigenvalue weighted by Gasteiger charge is 2.23. The van der Waals surface area contributed by atoms with Crippen LogP contribution in [0.1, 0.15) is 18.5 Å². The standard InChI is InChI=1S/C25H23FN6O2/c1-33-23-13-29-20-4-7-27-25(24(20)31-23)32-8-5-16(6-9-32)28-12-17-11-18-19-10-15(26)2-3-22(19)34-14-21(18)30-17/h2-4,7,10-11,13-14,16,28H,5-6,8-9,12H2,1H3. The molecule has 5 heterocycles. The number of halogens is 1. The van der Waals surface area contributed by atoms with E-state index < -0.39 is 0 Å². The lowest BCUT2D eigenvalue weighted by Gasteiger charge is -2.33. The van der Waals surface area contributed by atoms with E-state index >= 15 is 0 Å². The van der Waals surface area contributed by atoms with Gasteiger partial charge in [0.25, 0.3) is 0 Å². The molecule has 3 aliphatic rings. The lowest BCUT2D eigenvalue weighted by molar-refractivity contribution is 0.397. The Balaban J connectivity index is 1.14. The normalized spacial score (nSPS) is 14.9. The Hall–Kier alpha value is -3.85. The number of fused-ring (bicyclic) bond motifs is 4. The van der Waals surface area contributed by atoms with Gasteiger partial charge in [-0.15, -0.1) is 0 Å². The summed E-state index contributed by atoms with van der Waals surface area (Å²) in [5.41, 5.74) is 4.78. The van der Waals surface area contributed by atoms with Crippen molar-refractivity contribution in [1.29, 1.82) is 0 Å². The number of nitrogens with zero attached hydrogens (tertiary/aromatic N) is 5. The second-order valence-electron chi connectivity index (χ2n) is 8.48. The molecule has 0 atom stereocenters. The molecule has 0 saturated carbocycles. The molecule has 0 amide bonds. The van der Waals surface area contributed by atoms with Gasteiger partial charge in [0.2, 0.25) is 5.88 Å². The van der Waals surface area contributed by atoms with Gasteiger partial charge in [-0.05, 0) is 43.2 Å². The maximum atomic E-state index is 13.7. The van der Waals surface area contributed by atoms with Crippen LogP contribution < -0.4 is 15.0 Å². The van der Waals surface area contributed by atoms with Crippen molar-refractivity contribution in [3.8, 4) is 17.1 Å². The molecule has 34 heavy (non-hydrogen) atoms. The van der Waals surface area contributed by atoms with Crippen LogP contribution in [0.5, 0.6) is 5.88 Å². The summed E-state index contributed by atoms with van der Waals surface area (Å²) in [4.78, 5) is 20.5. The zero-order valence-corrected chi connectivity index (χ0v) is 18.7. The third-order valence-electron chi connectivity index (χ3n) is 6.38. The Labute approximate surface area is 195 Å². The highest BCUT2D eigenvalue weighted by molar-refractivity contribution is 5.93. The van der Waals surface area contributed by atoms with Crippen LogP contribution in [-0.2, 0) is 6.54 Å². The van der Waals surface area contributed by atoms with Crippen molar-refractivity contribution in [3.63, 3.8) is 0 Å². The van der Waals surface area contributed by atoms with Crippen molar-refractivity contribution in [3.05, 3.63) is 60.5 Å². The molecule has 0 unspecified atom stereocenters. The molecule has 3 aromatic rings. The van der Waals surface area contributed by atoms with Gasteiger partial charge < -0.3 is 19.4 Å². The Morgan fingerprint density at radius 2 is 2.03 bits per heavy atom. The largest absolute Gasteiger partial charge is 0.480 e. The quantitative estimate of drug-likeness (QED) is 0.420. The van der Waals surface area contributed by atoms with Crippen molar-refractivity contribution >= 4 is 27.8 Å². The fourth-order valence-corrected chi connectivity index (χ4v) is 4.60. The third-order valence-corrected chi connectivity index (χ3v) is 6.38. The first-order valence-electron chi connectivity index (χ1n) is 11.3. The summed E-state index contributed by atoms with van der Waals surface area (Å²) < 4.78 is 24.6. The van der Waals surface area contributed by atoms with Gasteiger partial charge in [-0.25, -0.2) is 24.3 Å². The molecule has 1 saturated heterocycles. The van der Waals surface area contributed by atoms with Gasteiger partial charge in [0.15, 0.2) is 5.82 Å². The molecule has 2 aromatic heterocycles. The fourth-order valence-electron chi connectivity index (χ4n) is 4.60. The van der Waals surface area contributed by atoms with Crippen molar-refractivity contribution in [2.75, 3.05) is 25.1 Å². The molecule has 172 valence electrons. The van der Waals surface area contributed by atoms with E-state index in [1.165, 1.54) is 12.1 Å². The number of pyridine rings is 1. The summed E-state index contributed by atoms with van der Waals surface area (Å²) in [7, 11) is 1.59. The molecule has 0 spiro atoms. The lowest BCUT2D eigenvalue weighted by Crippen LogP contribution is -2.42. The molecule has 0 radical (unpaired) electrons. The molecule has 1 fully saturated rings. The summed E-state index contributed by atoms with van der Waals surface area (Å²) in [6.45, 7) is 2.37. The van der Waals surface area contributed by atoms with Crippen LogP contribution in [0.4, 0.5) is 10.2 Å². The van der Waals surface area contributed by atoms with Gasteiger partial charge in [-0.3, -0.25) is 0 Å². The zero-order valence-electron chi connectivity index (χ0n) is 18.7. The van der Waals surface area contributed by atoms with E-state index in [0.29, 0.717) is 24.0 Å². The first kappa shape index (κ1) is 20.7. The Morgan fingerprint density at radius 3 is 2.88 bits per heavy atom. The number of methoxy groups -OCH3 is 1. The smallest absolute Gasteiger partial charge is 0.232 e. The van der Waals surface area contributed by atoms with E-state index in [4.69, 9.17) is 9.15 Å². The van der Waals surface area contributed by atoms with E-state index in [0.717, 1.165) is 65.1 Å². The van der Waals surface area contributed by atoms with Gasteiger partial charge in [0, 0.05) is 42.8 Å². The highest BCUT2D eigenvalue weighted by atomic mass is 19.1. The van der Waals surface area contributed by atoms with Crippen LogP contribution in [0.2, 0.25) is 0 Å². The van der Waals surface area contributed by atoms with Crippen LogP contribution in [0.3, 0.4) is 0 Å². The maximum absolute atomic E-state index is 13.7. The topological polar surface area (TPSA) is 89.2 Å². The molecule has 8 nitrogen and oxygen atoms in total. The Bertz CT molecular complexity index is 1450. The minimum atomic E-state index is -0.284. The third kappa shape index (κ3) is 3.77. The monoisotopic (exact) mass is 458 g/mol. The number of hydrogen-bond acceptors (Lipinski definition) is 8. The van der Waals surface area contributed by atoms with E-state index in [2.05, 4.69) is 30.2 Å². The first-order chi connectivity index (χ1) is 16.7. The summed E-state index contributed by atoms with van der Waals surface area (Å²) in [6.07, 6.45) is 6.97. The van der Waals surface area contributed by atoms with Crippen LogP contribution in [0.15, 0.2) is 53.4 Å². The molecule has 1 aromatic carbocycles. The second kappa shape index (κ2) is 8.49. The molecular weight excluding hydrogens is 435 g/mol. The first-order valence-corrected chi connectivity index (χ1v) is 11.3. The summed E-state index contributed by atoms with van der Waals surface area (Å²) >= 11 is 0. The molecule has 9 heteroatoms. The second-order valence-corrected chi connectivity index (χ2v) is 8.48. The highest BCUT2D eigenvalue weighted by Crippen LogP contribution is 2.32. The average molecular weight is 458 g/mol. The number of ether oxygens (including phenoxy) is 1. The number of aromatic nitrogens is 4. The molecule has 0 aliphatic carbocycles. The van der Waals surface area contributed by atoms with Gasteiger partial charge in [0.1, 0.15) is 28.9 Å². The molecule has 6 rings (SSSR count). The molecule has 3 aliphatic heterocycles. The minimum absolute atomic E-state index is 0.284. The molecule has 0 bridgehead atoms. The molecule has 1 N–H and O–H groups in total. The van der Waals surface area contributed by atoms with Crippen molar-refractivity contribution in [2.45, 2.75) is 25.4 Å². The summed E-state index contributed by atoms with van der Waals surface area (Å²) in [5.74, 6) is 1.04. The van der Waals surface area contributed by atoms with Crippen LogP contribution >= 0.6 is 0 Å². The van der Waals surface area contributed by atoms with Crippen LogP contribution in [-0.4, -0.2) is 46.2 Å². The number of anilines is 1. The Kier molecular flexibility index (Phi) is 5.18. The molecular formula is C25H23FN6O2. The zero-order chi connectivity index (χ0) is 23.1. The number of benzene rings is 1. The van der Waals surface area contributed by atoms with E-state index in [9.17, 15) is 4.39 Å². The fraction of sp³-hybridized carbons (Fsp3) is 0.280. The number of piperidine rings is 1. The van der Waals surface area contributed by atoms with Crippen LogP contribution in [0.25, 0.3) is 33.3 Å². The SMILES string of the molecule is COc1cnc2ccnc(N3CCC(NCc4cc5c6cc(F)ccc6occ-5n4)CC3)c2n1. The summed E-state index contributed by atoms with van der Waals surface area (Å²) in [5, 5.41) is 4.37. The van der Waals surface area contributed by atoms with Crippen molar-refractivity contribution in [2.24, 2.45) is 0 Å². The van der Waals surface area contributed by atoms with Gasteiger partial charge in [-0.2, -0.15) is 0 Å². The number of rotatable bonds is 5. The van der Waals surface area contributed by atoms with Crippen LogP contribution in [0, 0.1) is 5.82 Å². The minimum Gasteiger partial charge on any atom is -0.480 e. The van der Waals surface area contributed by atoms with Crippen molar-refractivity contribution in [1.82, 2.24) is 25.3 Å². The van der Waals surface area contributed by atoms with E-state index in [1.54, 1.807) is 31.8 Å². The average Bonchev–Trinajstić information content (AvgIpc) is 3.31. The van der Waals surface area contributed by atoms with Gasteiger partial charge in [-0.1, -0.05) is 0 Å². The van der Waals surface area contributed by atoms with Gasteiger partial charge >= 0.3 is 0 Å². The Morgan fingerprint density at radius 1 is 1.15 bits per heavy atom. The predicted octanol–water partition coefficient (Wildman–Crippen LogP) is 4.18. The maximum Gasteiger partial charge on any atom is 0.232 e. The number of nitrogens with one attached hydrogen (secondary N) is 1. The van der Waals surface area contributed by atoms with Gasteiger partial charge in [0.05, 0.1) is 24.5 Å². The number of hydrogen-bond donors (Lipinski definition) is 1. The van der Waals surface area contributed by atoms with E-state index in [-0.39, 0.29) is 5.82 Å². The summed E-state index contributed by atoms with van der Waals surface area (Å²) in [6, 6.07) is 8.79.